The van der Waals surface area contributed by atoms with Gasteiger partial charge in [-0.3, -0.25) is 61.7 Å². The number of aliphatic hydroxyl groups excluding tert-OH is 4. The first-order valence-electron chi connectivity index (χ1n) is 21.9. The maximum absolute atomic E-state index is 14.1. The molecule has 0 aromatic rings. The van der Waals surface area contributed by atoms with Gasteiger partial charge in [0.25, 0.3) is 0 Å². The fourth-order valence-electron chi connectivity index (χ4n) is 14.2. The van der Waals surface area contributed by atoms with Gasteiger partial charge in [-0.25, -0.2) is 0 Å². The smallest absolute Gasteiger partial charge is 0.162 e. The standard InChI is InChI=1S/C40H64N8O8/c49-13-23(53)27-28(24(54)14-50)30(26(56)16-52)32-31(29(27)25(55)15-51)39-46-37-21-11-5-3-9-19(21)35(44-37)42-33-17-7-1-2-8-18(17)34(41-33)43-36-20-10-4-6-12-22(20)38(45-36)47-40(32)48-39/h17-22,27-52H,1-16H2. The minimum absolute atomic E-state index is 0.0209. The summed E-state index contributed by atoms with van der Waals surface area (Å²) in [6.07, 6.45) is 12.0. The predicted molar refractivity (Wildman–Crippen MR) is 201 cm³/mol. The number of fused-ring (bicyclic) bond motifs is 20. The lowest BCUT2D eigenvalue weighted by Gasteiger charge is -2.49. The maximum atomic E-state index is 14.1. The van der Waals surface area contributed by atoms with Crippen molar-refractivity contribution in [2.45, 2.75) is 126 Å². The average molecular weight is 785 g/mol. The summed E-state index contributed by atoms with van der Waals surface area (Å²) in [6, 6.07) is 0. The third-order valence-corrected chi connectivity index (χ3v) is 16.4. The van der Waals surface area contributed by atoms with Gasteiger partial charge in [-0.2, -0.15) is 0 Å². The van der Waals surface area contributed by atoms with Gasteiger partial charge in [-0.1, -0.05) is 38.5 Å². The first kappa shape index (κ1) is 39.6. The molecule has 4 saturated carbocycles. The van der Waals surface area contributed by atoms with E-state index in [1.54, 1.807) is 0 Å². The molecule has 20 atom stereocenters. The Balaban J connectivity index is 1.16. The van der Waals surface area contributed by atoms with E-state index in [9.17, 15) is 39.6 Å². The van der Waals surface area contributed by atoms with Gasteiger partial charge in [0.15, 0.2) is 23.1 Å². The topological polar surface area (TPSA) is 245 Å². The van der Waals surface area contributed by atoms with E-state index in [2.05, 4.69) is 42.5 Å². The Morgan fingerprint density at radius 2 is 0.518 bits per heavy atom. The highest BCUT2D eigenvalue weighted by Crippen LogP contribution is 2.53. The first-order valence-corrected chi connectivity index (χ1v) is 21.9. The van der Waals surface area contributed by atoms with Gasteiger partial charge in [0.1, 0.15) is 26.4 Å². The van der Waals surface area contributed by atoms with Crippen molar-refractivity contribution in [1.82, 2.24) is 42.5 Å². The van der Waals surface area contributed by atoms with Crippen molar-refractivity contribution in [1.29, 1.82) is 0 Å². The zero-order valence-electron chi connectivity index (χ0n) is 32.3. The number of nitrogens with one attached hydrogen (secondary N) is 8. The van der Waals surface area contributed by atoms with Gasteiger partial charge in [0.05, 0.1) is 49.3 Å². The summed E-state index contributed by atoms with van der Waals surface area (Å²) in [5, 5.41) is 73.0. The Kier molecular flexibility index (Phi) is 11.6. The normalized spacial score (nSPS) is 49.6. The van der Waals surface area contributed by atoms with E-state index < -0.39 is 97.4 Å². The van der Waals surface area contributed by atoms with Gasteiger partial charge in [0, 0.05) is 35.5 Å². The van der Waals surface area contributed by atoms with Gasteiger partial charge in [-0.15, -0.1) is 0 Å². The number of hydrogen-bond acceptors (Lipinski definition) is 16. The van der Waals surface area contributed by atoms with E-state index in [0.29, 0.717) is 23.7 Å². The fourth-order valence-corrected chi connectivity index (χ4v) is 14.2. The van der Waals surface area contributed by atoms with Crippen molar-refractivity contribution in [3.05, 3.63) is 0 Å². The van der Waals surface area contributed by atoms with Crippen LogP contribution in [0.25, 0.3) is 0 Å². The van der Waals surface area contributed by atoms with E-state index in [-0.39, 0.29) is 48.8 Å². The molecule has 0 aromatic carbocycles. The molecule has 9 aliphatic rings. The molecule has 16 heteroatoms. The van der Waals surface area contributed by atoms with Crippen LogP contribution in [0.4, 0.5) is 0 Å². The summed E-state index contributed by atoms with van der Waals surface area (Å²) in [6.45, 7) is -3.77. The number of ketones is 4. The van der Waals surface area contributed by atoms with Crippen LogP contribution >= 0.6 is 0 Å². The Hall–Kier alpha value is -1.80. The second kappa shape index (κ2) is 16.3. The largest absolute Gasteiger partial charge is 0.389 e. The molecule has 5 aliphatic heterocycles. The molecule has 12 N–H and O–H groups in total. The van der Waals surface area contributed by atoms with Gasteiger partial charge in [-0.05, 0) is 74.0 Å². The summed E-state index contributed by atoms with van der Waals surface area (Å²) < 4.78 is 0. The molecule has 8 bridgehead atoms. The molecule has 0 radical (unpaired) electrons. The number of carbonyl (C=O) groups is 4. The summed E-state index contributed by atoms with van der Waals surface area (Å²) >= 11 is 0. The van der Waals surface area contributed by atoms with E-state index in [0.717, 1.165) is 51.4 Å². The number of Topliss-reactive ketones (excluding diaryl/α,β-unsaturated/α-hetero) is 4. The SMILES string of the molecule is O=C(CO)C1C(C(=O)CO)C(C(=O)CO)C2C3NC4NC(NC5NC(NC6NC(NC(N3)C2C1C(=O)CO)C1CCCCC61)C1CCCCC51)C1CCCCC41. The lowest BCUT2D eigenvalue weighted by atomic mass is 9.53. The van der Waals surface area contributed by atoms with Crippen LogP contribution in [0.3, 0.4) is 0 Å². The summed E-state index contributed by atoms with van der Waals surface area (Å²) in [5.74, 6) is -7.73. The van der Waals surface area contributed by atoms with Crippen molar-refractivity contribution >= 4 is 23.1 Å². The maximum Gasteiger partial charge on any atom is 0.162 e. The number of carbonyl (C=O) groups excluding carboxylic acids is 4. The zero-order valence-corrected chi connectivity index (χ0v) is 32.3. The van der Waals surface area contributed by atoms with Crippen LogP contribution < -0.4 is 42.5 Å². The lowest BCUT2D eigenvalue weighted by molar-refractivity contribution is -0.160. The van der Waals surface area contributed by atoms with E-state index in [4.69, 9.17) is 0 Å². The minimum atomic E-state index is -1.47. The van der Waals surface area contributed by atoms with E-state index in [1.807, 2.05) is 0 Å². The van der Waals surface area contributed by atoms with Crippen molar-refractivity contribution in [2.24, 2.45) is 71.0 Å². The Labute approximate surface area is 328 Å². The van der Waals surface area contributed by atoms with Crippen molar-refractivity contribution in [3.8, 4) is 0 Å². The molecule has 312 valence electrons. The molecule has 0 spiro atoms. The molecule has 9 rings (SSSR count). The number of aliphatic hydroxyl groups is 4. The molecule has 16 nitrogen and oxygen atoms in total. The highest BCUT2D eigenvalue weighted by molar-refractivity contribution is 5.99. The molecular formula is C40H64N8O8. The molecular weight excluding hydrogens is 720 g/mol. The predicted octanol–water partition coefficient (Wildman–Crippen LogP) is -2.24. The van der Waals surface area contributed by atoms with Crippen molar-refractivity contribution in [3.63, 3.8) is 0 Å². The molecule has 5 heterocycles. The first-order chi connectivity index (χ1) is 27.3. The molecule has 0 amide bonds. The summed E-state index contributed by atoms with van der Waals surface area (Å²) in [4.78, 5) is 55.8. The number of rotatable bonds is 8. The molecule has 9 fully saturated rings. The quantitative estimate of drug-likeness (QED) is 0.124. The number of hydrogen-bond donors (Lipinski definition) is 12. The van der Waals surface area contributed by atoms with Crippen molar-refractivity contribution < 1.29 is 39.6 Å². The Morgan fingerprint density at radius 3 is 0.750 bits per heavy atom. The van der Waals surface area contributed by atoms with Crippen LogP contribution in [-0.2, 0) is 19.2 Å². The Morgan fingerprint density at radius 1 is 0.321 bits per heavy atom. The Bertz CT molecular complexity index is 1400. The summed E-state index contributed by atoms with van der Waals surface area (Å²) in [5.41, 5.74) is 0. The minimum Gasteiger partial charge on any atom is -0.389 e. The van der Waals surface area contributed by atoms with Crippen molar-refractivity contribution in [2.75, 3.05) is 26.4 Å². The van der Waals surface area contributed by atoms with Crippen LogP contribution in [0, 0.1) is 71.0 Å². The van der Waals surface area contributed by atoms with Gasteiger partial charge in [0.2, 0.25) is 0 Å². The molecule has 4 aliphatic carbocycles. The molecule has 20 unspecified atom stereocenters. The van der Waals surface area contributed by atoms with E-state index in [1.165, 1.54) is 25.7 Å². The van der Waals surface area contributed by atoms with Gasteiger partial charge >= 0.3 is 0 Å². The third-order valence-electron chi connectivity index (χ3n) is 16.4. The molecule has 0 aromatic heterocycles. The molecule has 5 saturated heterocycles. The van der Waals surface area contributed by atoms with Crippen LogP contribution in [0.2, 0.25) is 0 Å². The lowest BCUT2D eigenvalue weighted by Crippen LogP contribution is -2.63. The van der Waals surface area contributed by atoms with E-state index >= 15 is 0 Å². The summed E-state index contributed by atoms with van der Waals surface area (Å²) in [7, 11) is 0. The highest BCUT2D eigenvalue weighted by atomic mass is 16.3. The average Bonchev–Trinajstić information content (AvgIpc) is 3.97. The second-order valence-corrected chi connectivity index (χ2v) is 18.7. The fraction of sp³-hybridized carbons (Fsp3) is 0.900. The van der Waals surface area contributed by atoms with Gasteiger partial charge < -0.3 is 20.4 Å². The second-order valence-electron chi connectivity index (χ2n) is 18.7. The highest BCUT2D eigenvalue weighted by Gasteiger charge is 2.65. The van der Waals surface area contributed by atoms with Crippen LogP contribution in [0.5, 0.6) is 0 Å². The molecule has 56 heavy (non-hydrogen) atoms. The van der Waals surface area contributed by atoms with Crippen LogP contribution in [0.15, 0.2) is 0 Å². The monoisotopic (exact) mass is 784 g/mol. The zero-order chi connectivity index (χ0) is 38.8. The third kappa shape index (κ3) is 6.67. The van der Waals surface area contributed by atoms with Crippen LogP contribution in [-0.4, -0.2) is 119 Å². The van der Waals surface area contributed by atoms with Crippen LogP contribution in [0.1, 0.15) is 77.0 Å².